The van der Waals surface area contributed by atoms with E-state index < -0.39 is 6.86 Å². The molecule has 1 atom stereocenters. The van der Waals surface area contributed by atoms with E-state index in [0.29, 0.717) is 31.4 Å². The van der Waals surface area contributed by atoms with E-state index in [1.807, 2.05) is 31.2 Å². The van der Waals surface area contributed by atoms with Crippen LogP contribution < -0.4 is 16.0 Å². The Kier molecular flexibility index (Phi) is 10.7. The van der Waals surface area contributed by atoms with Gasteiger partial charge in [0.2, 0.25) is 5.90 Å². The fraction of sp³-hybridized carbons (Fsp3) is 0.233. The van der Waals surface area contributed by atoms with E-state index in [1.54, 1.807) is 18.2 Å². The maximum absolute atomic E-state index is 12.0. The normalized spacial score (nSPS) is 15.6. The second-order valence-electron chi connectivity index (χ2n) is 8.21. The number of anilines is 1. The summed E-state index contributed by atoms with van der Waals surface area (Å²) in [5.74, 6) is 0.503. The Hall–Kier alpha value is -4.10. The molecule has 2 aromatic carbocycles. The predicted octanol–water partition coefficient (Wildman–Crippen LogP) is 6.33. The van der Waals surface area contributed by atoms with Crippen molar-refractivity contribution in [2.75, 3.05) is 31.9 Å². The molecule has 7 heteroatoms. The van der Waals surface area contributed by atoms with E-state index in [0.717, 1.165) is 33.8 Å². The van der Waals surface area contributed by atoms with E-state index in [4.69, 9.17) is 9.47 Å². The molecule has 2 aromatic rings. The van der Waals surface area contributed by atoms with Gasteiger partial charge in [0.05, 0.1) is 24.6 Å². The first kappa shape index (κ1) is 27.5. The quantitative estimate of drug-likeness (QED) is 0.129. The van der Waals surface area contributed by atoms with Crippen molar-refractivity contribution >= 4 is 23.4 Å². The lowest BCUT2D eigenvalue weighted by molar-refractivity contribution is 0.0649. The van der Waals surface area contributed by atoms with Crippen molar-refractivity contribution in [1.29, 1.82) is 0 Å². The van der Waals surface area contributed by atoms with Crippen LogP contribution >= 0.6 is 0 Å². The fourth-order valence-corrected chi connectivity index (χ4v) is 3.71. The van der Waals surface area contributed by atoms with Gasteiger partial charge in [0.25, 0.3) is 0 Å². The number of hydrogen-bond donors (Lipinski definition) is 3. The first-order valence-corrected chi connectivity index (χ1v) is 12.2. The third-order valence-corrected chi connectivity index (χ3v) is 5.51. The van der Waals surface area contributed by atoms with E-state index in [1.165, 1.54) is 0 Å². The predicted molar refractivity (Wildman–Crippen MR) is 151 cm³/mol. The topological polar surface area (TPSA) is 66.9 Å². The van der Waals surface area contributed by atoms with Crippen molar-refractivity contribution in [3.63, 3.8) is 0 Å². The fourth-order valence-electron chi connectivity index (χ4n) is 3.71. The zero-order valence-corrected chi connectivity index (χ0v) is 21.5. The van der Waals surface area contributed by atoms with Gasteiger partial charge in [-0.15, -0.1) is 0 Å². The summed E-state index contributed by atoms with van der Waals surface area (Å²) in [6.07, 6.45) is 9.02. The van der Waals surface area contributed by atoms with Gasteiger partial charge in [-0.3, -0.25) is 0 Å². The molecule has 1 aliphatic rings. The molecule has 0 amide bonds. The van der Waals surface area contributed by atoms with E-state index >= 15 is 0 Å². The molecule has 0 fully saturated rings. The molecule has 0 aromatic heterocycles. The second kappa shape index (κ2) is 14.5. The summed E-state index contributed by atoms with van der Waals surface area (Å²) in [6.45, 7) is 12.2. The Bertz CT molecular complexity index is 1170. The van der Waals surface area contributed by atoms with Crippen LogP contribution in [0.3, 0.4) is 0 Å². The van der Waals surface area contributed by atoms with Crippen LogP contribution in [0.25, 0.3) is 11.8 Å². The van der Waals surface area contributed by atoms with Gasteiger partial charge in [0.1, 0.15) is 6.17 Å². The third kappa shape index (κ3) is 8.51. The highest BCUT2D eigenvalue weighted by Gasteiger charge is 2.22. The van der Waals surface area contributed by atoms with Gasteiger partial charge >= 0.3 is 0 Å². The van der Waals surface area contributed by atoms with Gasteiger partial charge in [-0.05, 0) is 54.8 Å². The summed E-state index contributed by atoms with van der Waals surface area (Å²) in [6, 6.07) is 16.4. The zero-order valence-electron chi connectivity index (χ0n) is 21.5. The number of aliphatic imine (C=N–C) groups is 1. The SMILES string of the molecule is C=C/C=C\C(=C)/N=C(/C=C/c1ccc(C2NC(C)=C(c3ccc(NCCOCF)cc3)N2)cc1)OCC. The van der Waals surface area contributed by atoms with Crippen LogP contribution in [0.5, 0.6) is 0 Å². The lowest BCUT2D eigenvalue weighted by Gasteiger charge is -2.15. The van der Waals surface area contributed by atoms with Gasteiger partial charge in [0.15, 0.2) is 6.86 Å². The molecule has 0 saturated heterocycles. The summed E-state index contributed by atoms with van der Waals surface area (Å²) in [7, 11) is 0. The molecule has 0 aliphatic carbocycles. The third-order valence-electron chi connectivity index (χ3n) is 5.51. The van der Waals surface area contributed by atoms with Crippen LogP contribution in [-0.2, 0) is 9.47 Å². The van der Waals surface area contributed by atoms with Crippen LogP contribution in [0.15, 0.2) is 102 Å². The number of nitrogens with one attached hydrogen (secondary N) is 3. The minimum atomic E-state index is -0.762. The van der Waals surface area contributed by atoms with Crippen molar-refractivity contribution in [2.24, 2.45) is 4.99 Å². The molecule has 37 heavy (non-hydrogen) atoms. The summed E-state index contributed by atoms with van der Waals surface area (Å²) in [4.78, 5) is 4.40. The molecule has 1 unspecified atom stereocenters. The maximum atomic E-state index is 12.0. The molecule has 3 rings (SSSR count). The van der Waals surface area contributed by atoms with Crippen LogP contribution in [0.1, 0.15) is 36.7 Å². The van der Waals surface area contributed by atoms with E-state index in [9.17, 15) is 4.39 Å². The average Bonchev–Trinajstić information content (AvgIpc) is 3.30. The van der Waals surface area contributed by atoms with Gasteiger partial charge in [-0.25, -0.2) is 9.38 Å². The lowest BCUT2D eigenvalue weighted by Crippen LogP contribution is -2.23. The highest BCUT2D eigenvalue weighted by molar-refractivity contribution is 5.92. The number of alkyl halides is 1. The molecule has 0 bridgehead atoms. The summed E-state index contributed by atoms with van der Waals surface area (Å²) in [5, 5.41) is 10.3. The first-order chi connectivity index (χ1) is 18.0. The van der Waals surface area contributed by atoms with Gasteiger partial charge < -0.3 is 25.4 Å². The highest BCUT2D eigenvalue weighted by atomic mass is 19.1. The molecule has 0 spiro atoms. The number of ether oxygens (including phenoxy) is 2. The van der Waals surface area contributed by atoms with Crippen LogP contribution in [-0.4, -0.2) is 32.5 Å². The Morgan fingerprint density at radius 1 is 1.11 bits per heavy atom. The lowest BCUT2D eigenvalue weighted by atomic mass is 10.1. The largest absolute Gasteiger partial charge is 0.478 e. The van der Waals surface area contributed by atoms with Gasteiger partial charge in [0, 0.05) is 24.0 Å². The number of nitrogens with zero attached hydrogens (tertiary/aromatic N) is 1. The standard InChI is InChI=1S/C30H35FN4O2/c1-5-7-8-22(3)33-28(37-6-2)18-11-24-9-12-26(13-10-24)30-34-23(4)29(35-30)25-14-16-27(17-15-25)32-19-20-36-21-31/h5,7-18,30,32,34-35H,1,3,6,19-21H2,2,4H3/b8-7-,18-11+,33-28-. The van der Waals surface area contributed by atoms with Crippen LogP contribution in [0.2, 0.25) is 0 Å². The molecule has 1 heterocycles. The monoisotopic (exact) mass is 502 g/mol. The molecule has 0 radical (unpaired) electrons. The average molecular weight is 503 g/mol. The molecule has 1 aliphatic heterocycles. The van der Waals surface area contributed by atoms with Gasteiger partial charge in [-0.2, -0.15) is 0 Å². The Balaban J connectivity index is 1.61. The smallest absolute Gasteiger partial charge is 0.213 e. The maximum Gasteiger partial charge on any atom is 0.213 e. The minimum Gasteiger partial charge on any atom is -0.478 e. The number of hydrogen-bond acceptors (Lipinski definition) is 6. The van der Waals surface area contributed by atoms with Crippen molar-refractivity contribution < 1.29 is 13.9 Å². The van der Waals surface area contributed by atoms with Crippen LogP contribution in [0, 0.1) is 0 Å². The minimum absolute atomic E-state index is 0.0239. The number of rotatable bonds is 13. The molecule has 0 saturated carbocycles. The Morgan fingerprint density at radius 3 is 2.54 bits per heavy atom. The number of halogens is 1. The van der Waals surface area contributed by atoms with E-state index in [-0.39, 0.29) is 6.17 Å². The van der Waals surface area contributed by atoms with Gasteiger partial charge in [-0.1, -0.05) is 61.7 Å². The number of benzene rings is 2. The second-order valence-corrected chi connectivity index (χ2v) is 8.21. The molecule has 3 N–H and O–H groups in total. The van der Waals surface area contributed by atoms with Crippen molar-refractivity contribution in [3.05, 3.63) is 114 Å². The Morgan fingerprint density at radius 2 is 1.86 bits per heavy atom. The van der Waals surface area contributed by atoms with Crippen LogP contribution in [0.4, 0.5) is 10.1 Å². The zero-order chi connectivity index (χ0) is 26.5. The van der Waals surface area contributed by atoms with Crippen molar-refractivity contribution in [1.82, 2.24) is 10.6 Å². The molecule has 194 valence electrons. The molecular weight excluding hydrogens is 467 g/mol. The van der Waals surface area contributed by atoms with E-state index in [2.05, 4.69) is 77.4 Å². The van der Waals surface area contributed by atoms with Crippen molar-refractivity contribution in [3.8, 4) is 0 Å². The highest BCUT2D eigenvalue weighted by Crippen LogP contribution is 2.27. The molecular formula is C30H35FN4O2. The number of allylic oxidation sites excluding steroid dienone is 4. The first-order valence-electron chi connectivity index (χ1n) is 12.2. The Labute approximate surface area is 219 Å². The summed E-state index contributed by atoms with van der Waals surface area (Å²) >= 11 is 0. The van der Waals surface area contributed by atoms with Crippen molar-refractivity contribution in [2.45, 2.75) is 20.0 Å². The summed E-state index contributed by atoms with van der Waals surface area (Å²) in [5.41, 5.74) is 6.94. The molecule has 6 nitrogen and oxygen atoms in total. The summed E-state index contributed by atoms with van der Waals surface area (Å²) < 4.78 is 22.4.